The monoisotopic (exact) mass is 619 g/mol. The molecule has 4 heterocycles. The van der Waals surface area contributed by atoms with Crippen LogP contribution in [-0.2, 0) is 0 Å². The minimum atomic E-state index is 0.619. The van der Waals surface area contributed by atoms with E-state index < -0.39 is 0 Å². The van der Waals surface area contributed by atoms with Crippen LogP contribution in [0.15, 0.2) is 152 Å². The van der Waals surface area contributed by atoms with Crippen LogP contribution in [0, 0.1) is 0 Å². The van der Waals surface area contributed by atoms with Crippen molar-refractivity contribution in [1.82, 2.24) is 24.9 Å². The lowest BCUT2D eigenvalue weighted by molar-refractivity contribution is 1.07. The standard InChI is InChI=1S/C41H25N5S/c1-3-12-26(13-4-1)39-44-40(27-14-5-2-6-15-27)46-41(45-39)29-17-11-16-28(22-29)34-24-43-38(32-20-8-7-18-30(32)34)35-23-33-31-19-9-10-21-36(31)47-37(33)25-42-35/h1-25H. The molecule has 0 saturated carbocycles. The Labute approximate surface area is 275 Å². The Hall–Kier alpha value is -6.11. The van der Waals surface area contributed by atoms with Gasteiger partial charge in [0, 0.05) is 55.5 Å². The highest BCUT2D eigenvalue weighted by molar-refractivity contribution is 7.25. The van der Waals surface area contributed by atoms with Crippen molar-refractivity contribution >= 4 is 42.3 Å². The molecule has 0 unspecified atom stereocenters. The molecule has 9 aromatic rings. The Morgan fingerprint density at radius 1 is 0.383 bits per heavy atom. The van der Waals surface area contributed by atoms with E-state index in [1.165, 1.54) is 20.2 Å². The maximum Gasteiger partial charge on any atom is 0.164 e. The Bertz CT molecular complexity index is 2520. The second-order valence-corrected chi connectivity index (χ2v) is 12.4. The van der Waals surface area contributed by atoms with E-state index in [9.17, 15) is 0 Å². The number of nitrogens with zero attached hydrogens (tertiary/aromatic N) is 5. The summed E-state index contributed by atoms with van der Waals surface area (Å²) in [6.45, 7) is 0. The highest BCUT2D eigenvalue weighted by atomic mass is 32.1. The molecule has 6 heteroatoms. The van der Waals surface area contributed by atoms with E-state index in [0.29, 0.717) is 17.5 Å². The lowest BCUT2D eigenvalue weighted by Gasteiger charge is -2.12. The van der Waals surface area contributed by atoms with Crippen LogP contribution < -0.4 is 0 Å². The van der Waals surface area contributed by atoms with Gasteiger partial charge in [0.25, 0.3) is 0 Å². The molecule has 0 bridgehead atoms. The third kappa shape index (κ3) is 4.92. The van der Waals surface area contributed by atoms with Gasteiger partial charge >= 0.3 is 0 Å². The van der Waals surface area contributed by atoms with Crippen molar-refractivity contribution in [2.45, 2.75) is 0 Å². The largest absolute Gasteiger partial charge is 0.253 e. The number of pyridine rings is 2. The van der Waals surface area contributed by atoms with Gasteiger partial charge in [-0.1, -0.05) is 121 Å². The first-order valence-electron chi connectivity index (χ1n) is 15.4. The minimum absolute atomic E-state index is 0.619. The van der Waals surface area contributed by atoms with Crippen LogP contribution in [0.3, 0.4) is 0 Å². The lowest BCUT2D eigenvalue weighted by atomic mass is 9.96. The molecular formula is C41H25N5S. The molecule has 5 nitrogen and oxygen atoms in total. The maximum absolute atomic E-state index is 5.03. The summed E-state index contributed by atoms with van der Waals surface area (Å²) in [6, 6.07) is 47.6. The number of fused-ring (bicyclic) bond motifs is 4. The van der Waals surface area contributed by atoms with Crippen LogP contribution in [-0.4, -0.2) is 24.9 Å². The average Bonchev–Trinajstić information content (AvgIpc) is 3.53. The summed E-state index contributed by atoms with van der Waals surface area (Å²) in [4.78, 5) is 24.7. The van der Waals surface area contributed by atoms with Crippen molar-refractivity contribution < 1.29 is 0 Å². The zero-order valence-corrected chi connectivity index (χ0v) is 25.9. The fraction of sp³-hybridized carbons (Fsp3) is 0. The fourth-order valence-electron chi connectivity index (χ4n) is 6.15. The van der Waals surface area contributed by atoms with Crippen LogP contribution >= 0.6 is 11.3 Å². The first-order valence-corrected chi connectivity index (χ1v) is 16.2. The summed E-state index contributed by atoms with van der Waals surface area (Å²) in [7, 11) is 0. The third-order valence-electron chi connectivity index (χ3n) is 8.43. The molecule has 220 valence electrons. The molecule has 0 N–H and O–H groups in total. The van der Waals surface area contributed by atoms with Crippen molar-refractivity contribution in [2.75, 3.05) is 0 Å². The molecular weight excluding hydrogens is 595 g/mol. The number of hydrogen-bond donors (Lipinski definition) is 0. The molecule has 0 atom stereocenters. The summed E-state index contributed by atoms with van der Waals surface area (Å²) in [5.74, 6) is 1.90. The van der Waals surface area contributed by atoms with Gasteiger partial charge in [-0.15, -0.1) is 11.3 Å². The van der Waals surface area contributed by atoms with Crippen LogP contribution in [0.1, 0.15) is 0 Å². The maximum atomic E-state index is 5.03. The van der Waals surface area contributed by atoms with Crippen molar-refractivity contribution in [2.24, 2.45) is 0 Å². The molecule has 0 aliphatic heterocycles. The molecule has 0 saturated heterocycles. The normalized spacial score (nSPS) is 11.4. The van der Waals surface area contributed by atoms with E-state index in [0.717, 1.165) is 50.0 Å². The smallest absolute Gasteiger partial charge is 0.164 e. The van der Waals surface area contributed by atoms with Crippen molar-refractivity contribution in [3.8, 4) is 56.7 Å². The Kier molecular flexibility index (Phi) is 6.58. The fourth-order valence-corrected chi connectivity index (χ4v) is 7.21. The summed E-state index contributed by atoms with van der Waals surface area (Å²) in [5.41, 5.74) is 6.60. The zero-order valence-electron chi connectivity index (χ0n) is 25.1. The van der Waals surface area contributed by atoms with Crippen molar-refractivity contribution in [3.63, 3.8) is 0 Å². The summed E-state index contributed by atoms with van der Waals surface area (Å²) in [5, 5.41) is 4.62. The van der Waals surface area contributed by atoms with E-state index in [1.54, 1.807) is 11.3 Å². The first kappa shape index (κ1) is 27.2. The van der Waals surface area contributed by atoms with Crippen LogP contribution in [0.5, 0.6) is 0 Å². The molecule has 4 aromatic heterocycles. The molecule has 5 aromatic carbocycles. The number of hydrogen-bond acceptors (Lipinski definition) is 6. The van der Waals surface area contributed by atoms with Gasteiger partial charge in [-0.3, -0.25) is 9.97 Å². The van der Waals surface area contributed by atoms with Gasteiger partial charge in [-0.05, 0) is 29.1 Å². The molecule has 0 aliphatic carbocycles. The van der Waals surface area contributed by atoms with Crippen molar-refractivity contribution in [3.05, 3.63) is 152 Å². The lowest BCUT2D eigenvalue weighted by Crippen LogP contribution is -2.00. The highest BCUT2D eigenvalue weighted by Crippen LogP contribution is 2.38. The summed E-state index contributed by atoms with van der Waals surface area (Å²) < 4.78 is 2.44. The Morgan fingerprint density at radius 3 is 1.68 bits per heavy atom. The Morgan fingerprint density at radius 2 is 0.957 bits per heavy atom. The summed E-state index contributed by atoms with van der Waals surface area (Å²) in [6.07, 6.45) is 3.94. The molecule has 9 rings (SSSR count). The van der Waals surface area contributed by atoms with Gasteiger partial charge in [0.2, 0.25) is 0 Å². The second kappa shape index (κ2) is 11.4. The van der Waals surface area contributed by atoms with E-state index in [2.05, 4.69) is 78.9 Å². The van der Waals surface area contributed by atoms with E-state index in [1.807, 2.05) is 73.1 Å². The quantitative estimate of drug-likeness (QED) is 0.192. The minimum Gasteiger partial charge on any atom is -0.253 e. The molecule has 0 radical (unpaired) electrons. The van der Waals surface area contributed by atoms with Gasteiger partial charge in [0.15, 0.2) is 17.5 Å². The Balaban J connectivity index is 1.17. The number of thiophene rings is 1. The molecule has 0 spiro atoms. The zero-order chi connectivity index (χ0) is 31.2. The SMILES string of the molecule is c1ccc(-c2nc(-c3ccccc3)nc(-c3cccc(-c4cnc(-c5cc6c(cn5)sc5ccccc56)c5ccccc45)c3)n2)cc1. The topological polar surface area (TPSA) is 64.5 Å². The van der Waals surface area contributed by atoms with E-state index in [4.69, 9.17) is 24.9 Å². The predicted octanol–water partition coefficient (Wildman–Crippen LogP) is 10.5. The number of benzene rings is 5. The van der Waals surface area contributed by atoms with Gasteiger partial charge in [0.05, 0.1) is 16.1 Å². The second-order valence-electron chi connectivity index (χ2n) is 11.3. The number of aromatic nitrogens is 5. The van der Waals surface area contributed by atoms with Gasteiger partial charge in [-0.25, -0.2) is 15.0 Å². The van der Waals surface area contributed by atoms with Gasteiger partial charge in [0.1, 0.15) is 0 Å². The third-order valence-corrected chi connectivity index (χ3v) is 9.55. The first-order chi connectivity index (χ1) is 23.3. The molecule has 0 aliphatic rings. The summed E-state index contributed by atoms with van der Waals surface area (Å²) >= 11 is 1.77. The highest BCUT2D eigenvalue weighted by Gasteiger charge is 2.16. The molecule has 47 heavy (non-hydrogen) atoms. The van der Waals surface area contributed by atoms with E-state index in [-0.39, 0.29) is 0 Å². The molecule has 0 fully saturated rings. The molecule has 0 amide bonds. The van der Waals surface area contributed by atoms with Crippen molar-refractivity contribution in [1.29, 1.82) is 0 Å². The van der Waals surface area contributed by atoms with Gasteiger partial charge < -0.3 is 0 Å². The predicted molar refractivity (Wildman–Crippen MR) is 193 cm³/mol. The van der Waals surface area contributed by atoms with Crippen LogP contribution in [0.2, 0.25) is 0 Å². The van der Waals surface area contributed by atoms with Crippen LogP contribution in [0.25, 0.3) is 87.6 Å². The average molecular weight is 620 g/mol. The number of rotatable bonds is 5. The van der Waals surface area contributed by atoms with E-state index >= 15 is 0 Å². The van der Waals surface area contributed by atoms with Crippen LogP contribution in [0.4, 0.5) is 0 Å². The van der Waals surface area contributed by atoms with Gasteiger partial charge in [-0.2, -0.15) is 0 Å².